The maximum atomic E-state index is 12.2. The van der Waals surface area contributed by atoms with Crippen molar-refractivity contribution >= 4 is 11.0 Å². The fourth-order valence-electron chi connectivity index (χ4n) is 2.14. The second kappa shape index (κ2) is 3.93. The van der Waals surface area contributed by atoms with E-state index in [-0.39, 0.29) is 16.9 Å². The molecule has 0 saturated carbocycles. The molecule has 0 spiro atoms. The van der Waals surface area contributed by atoms with Crippen LogP contribution in [0.4, 0.5) is 0 Å². The van der Waals surface area contributed by atoms with E-state index in [2.05, 4.69) is 15.1 Å². The van der Waals surface area contributed by atoms with Crippen LogP contribution in [0.25, 0.3) is 11.0 Å². The zero-order chi connectivity index (χ0) is 13.7. The van der Waals surface area contributed by atoms with Crippen molar-refractivity contribution in [1.29, 1.82) is 0 Å². The highest BCUT2D eigenvalue weighted by Crippen LogP contribution is 2.23. The summed E-state index contributed by atoms with van der Waals surface area (Å²) >= 11 is 0. The molecule has 0 aliphatic carbocycles. The summed E-state index contributed by atoms with van der Waals surface area (Å²) in [5, 5.41) is 4.97. The average Bonchev–Trinajstić information content (AvgIpc) is 2.53. The number of nitrogens with one attached hydrogen (secondary N) is 1. The highest BCUT2D eigenvalue weighted by atomic mass is 16.1. The van der Waals surface area contributed by atoms with E-state index < -0.39 is 0 Å². The summed E-state index contributed by atoms with van der Waals surface area (Å²) in [6, 6.07) is 0. The van der Waals surface area contributed by atoms with Crippen molar-refractivity contribution in [2.75, 3.05) is 0 Å². The molecule has 18 heavy (non-hydrogen) atoms. The number of aromatic amines is 1. The Morgan fingerprint density at radius 2 is 1.89 bits per heavy atom. The molecule has 0 fully saturated rings. The van der Waals surface area contributed by atoms with Crippen molar-refractivity contribution in [2.45, 2.75) is 46.0 Å². The normalized spacial score (nSPS) is 12.6. The minimum atomic E-state index is -0.192. The molecule has 5 nitrogen and oxygen atoms in total. The van der Waals surface area contributed by atoms with Gasteiger partial charge in [0.2, 0.25) is 0 Å². The third-order valence-corrected chi connectivity index (χ3v) is 3.01. The molecule has 0 bridgehead atoms. The van der Waals surface area contributed by atoms with Crippen molar-refractivity contribution in [3.8, 4) is 0 Å². The van der Waals surface area contributed by atoms with Gasteiger partial charge in [0.1, 0.15) is 11.2 Å². The van der Waals surface area contributed by atoms with Crippen LogP contribution in [0.5, 0.6) is 0 Å². The standard InChI is InChI=1S/C13H20N4O/c1-7(2)9-8-10(16-17(9)6)14-12(13(3,4)5)15-11(8)18/h7H,1-6H3,(H,14,15,16,18). The highest BCUT2D eigenvalue weighted by molar-refractivity contribution is 5.77. The van der Waals surface area contributed by atoms with Gasteiger partial charge in [-0.15, -0.1) is 0 Å². The summed E-state index contributed by atoms with van der Waals surface area (Å²) in [6.45, 7) is 10.2. The van der Waals surface area contributed by atoms with E-state index in [9.17, 15) is 4.79 Å². The minimum Gasteiger partial charge on any atom is -0.309 e. The molecule has 2 aromatic rings. The molecular weight excluding hydrogens is 228 g/mol. The van der Waals surface area contributed by atoms with Gasteiger partial charge in [-0.25, -0.2) is 4.98 Å². The van der Waals surface area contributed by atoms with E-state index >= 15 is 0 Å². The van der Waals surface area contributed by atoms with E-state index in [1.165, 1.54) is 0 Å². The van der Waals surface area contributed by atoms with Gasteiger partial charge < -0.3 is 4.98 Å². The summed E-state index contributed by atoms with van der Waals surface area (Å²) in [6.07, 6.45) is 0. The number of nitrogens with zero attached hydrogens (tertiary/aromatic N) is 3. The van der Waals surface area contributed by atoms with Gasteiger partial charge in [0.15, 0.2) is 5.65 Å². The predicted octanol–water partition coefficient (Wildman–Crippen LogP) is 2.08. The van der Waals surface area contributed by atoms with Gasteiger partial charge in [-0.05, 0) is 5.92 Å². The van der Waals surface area contributed by atoms with Gasteiger partial charge in [-0.1, -0.05) is 34.6 Å². The van der Waals surface area contributed by atoms with Crippen LogP contribution in [0, 0.1) is 0 Å². The molecule has 0 aliphatic heterocycles. The van der Waals surface area contributed by atoms with Crippen molar-refractivity contribution in [3.05, 3.63) is 21.9 Å². The number of aromatic nitrogens is 4. The van der Waals surface area contributed by atoms with Crippen LogP contribution in [-0.4, -0.2) is 19.7 Å². The van der Waals surface area contributed by atoms with Crippen LogP contribution in [0.1, 0.15) is 52.1 Å². The minimum absolute atomic E-state index is 0.0956. The number of hydrogen-bond acceptors (Lipinski definition) is 3. The molecule has 0 aromatic carbocycles. The van der Waals surface area contributed by atoms with E-state index in [4.69, 9.17) is 0 Å². The second-order valence-electron chi connectivity index (χ2n) is 6.03. The topological polar surface area (TPSA) is 63.6 Å². The smallest absolute Gasteiger partial charge is 0.262 e. The number of rotatable bonds is 1. The Morgan fingerprint density at radius 3 is 2.39 bits per heavy atom. The monoisotopic (exact) mass is 248 g/mol. The van der Waals surface area contributed by atoms with Crippen LogP contribution in [0.3, 0.4) is 0 Å². The first kappa shape index (κ1) is 12.8. The maximum absolute atomic E-state index is 12.2. The fourth-order valence-corrected chi connectivity index (χ4v) is 2.14. The molecule has 0 atom stereocenters. The fraction of sp³-hybridized carbons (Fsp3) is 0.615. The summed E-state index contributed by atoms with van der Waals surface area (Å²) in [7, 11) is 1.85. The molecule has 2 heterocycles. The number of fused-ring (bicyclic) bond motifs is 1. The second-order valence-corrected chi connectivity index (χ2v) is 6.03. The Hall–Kier alpha value is -1.65. The predicted molar refractivity (Wildman–Crippen MR) is 71.9 cm³/mol. The van der Waals surface area contributed by atoms with Gasteiger partial charge >= 0.3 is 0 Å². The van der Waals surface area contributed by atoms with Crippen LogP contribution in [-0.2, 0) is 12.5 Å². The molecule has 2 aromatic heterocycles. The van der Waals surface area contributed by atoms with Crippen LogP contribution < -0.4 is 5.56 Å². The van der Waals surface area contributed by atoms with Crippen molar-refractivity contribution < 1.29 is 0 Å². The van der Waals surface area contributed by atoms with Gasteiger partial charge in [-0.2, -0.15) is 5.10 Å². The molecule has 0 radical (unpaired) electrons. The Balaban J connectivity index is 2.83. The largest absolute Gasteiger partial charge is 0.309 e. The molecule has 0 saturated heterocycles. The van der Waals surface area contributed by atoms with Crippen LogP contribution >= 0.6 is 0 Å². The molecule has 98 valence electrons. The van der Waals surface area contributed by atoms with Crippen molar-refractivity contribution in [2.24, 2.45) is 7.05 Å². The van der Waals surface area contributed by atoms with Crippen molar-refractivity contribution in [1.82, 2.24) is 19.7 Å². The zero-order valence-electron chi connectivity index (χ0n) is 11.8. The number of H-pyrrole nitrogens is 1. The Labute approximate surface area is 106 Å². The Kier molecular flexibility index (Phi) is 2.80. The molecule has 1 N–H and O–H groups in total. The molecular formula is C13H20N4O. The lowest BCUT2D eigenvalue weighted by molar-refractivity contribution is 0.545. The first-order valence-electron chi connectivity index (χ1n) is 6.19. The van der Waals surface area contributed by atoms with Gasteiger partial charge in [0.05, 0.1) is 5.69 Å². The number of hydrogen-bond donors (Lipinski definition) is 1. The van der Waals surface area contributed by atoms with E-state index in [1.807, 2.05) is 41.7 Å². The lowest BCUT2D eigenvalue weighted by Crippen LogP contribution is -2.22. The molecule has 2 rings (SSSR count). The van der Waals surface area contributed by atoms with E-state index in [0.717, 1.165) is 5.69 Å². The van der Waals surface area contributed by atoms with Gasteiger partial charge in [-0.3, -0.25) is 9.48 Å². The highest BCUT2D eigenvalue weighted by Gasteiger charge is 2.22. The maximum Gasteiger partial charge on any atom is 0.262 e. The third kappa shape index (κ3) is 1.94. The van der Waals surface area contributed by atoms with E-state index in [0.29, 0.717) is 16.9 Å². The molecule has 0 amide bonds. The van der Waals surface area contributed by atoms with Gasteiger partial charge in [0.25, 0.3) is 5.56 Å². The SMILES string of the molecule is CC(C)c1c2c(=O)[nH]c(C(C)(C)C)nc2nn1C. The first-order valence-corrected chi connectivity index (χ1v) is 6.19. The van der Waals surface area contributed by atoms with Crippen LogP contribution in [0.15, 0.2) is 4.79 Å². The Bertz CT molecular complexity index is 643. The summed E-state index contributed by atoms with van der Waals surface area (Å²) in [5.41, 5.74) is 1.18. The first-order chi connectivity index (χ1) is 8.21. The van der Waals surface area contributed by atoms with Crippen LogP contribution in [0.2, 0.25) is 0 Å². The van der Waals surface area contributed by atoms with E-state index in [1.54, 1.807) is 4.68 Å². The van der Waals surface area contributed by atoms with Crippen molar-refractivity contribution in [3.63, 3.8) is 0 Å². The lowest BCUT2D eigenvalue weighted by atomic mass is 9.95. The summed E-state index contributed by atoms with van der Waals surface area (Å²) < 4.78 is 1.75. The Morgan fingerprint density at radius 1 is 1.28 bits per heavy atom. The average molecular weight is 248 g/mol. The number of aryl methyl sites for hydroxylation is 1. The molecule has 0 aliphatic rings. The summed E-state index contributed by atoms with van der Waals surface area (Å²) in [5.74, 6) is 0.914. The summed E-state index contributed by atoms with van der Waals surface area (Å²) in [4.78, 5) is 19.6. The molecule has 0 unspecified atom stereocenters. The van der Waals surface area contributed by atoms with Gasteiger partial charge in [0, 0.05) is 12.5 Å². The zero-order valence-corrected chi connectivity index (χ0v) is 11.8. The third-order valence-electron chi connectivity index (χ3n) is 3.01. The molecule has 5 heteroatoms. The quantitative estimate of drug-likeness (QED) is 0.840. The lowest BCUT2D eigenvalue weighted by Gasteiger charge is -2.16.